The van der Waals surface area contributed by atoms with Gasteiger partial charge in [0.25, 0.3) is 0 Å². The van der Waals surface area contributed by atoms with Gasteiger partial charge in [0.05, 0.1) is 11.9 Å². The summed E-state index contributed by atoms with van der Waals surface area (Å²) in [4.78, 5) is 27.8. The van der Waals surface area contributed by atoms with Crippen LogP contribution >= 0.6 is 0 Å². The maximum Gasteiger partial charge on any atom is 0.242 e. The first-order chi connectivity index (χ1) is 18.6. The zero-order valence-electron chi connectivity index (χ0n) is 22.4. The van der Waals surface area contributed by atoms with Crippen LogP contribution in [0.1, 0.15) is 51.0 Å². The number of rotatable bonds is 11. The largest absolute Gasteiger partial charge is 0.486 e. The van der Waals surface area contributed by atoms with Gasteiger partial charge in [0, 0.05) is 37.2 Å². The predicted molar refractivity (Wildman–Crippen MR) is 146 cm³/mol. The molecule has 2 aromatic carbocycles. The lowest BCUT2D eigenvalue weighted by atomic mass is 10.1. The minimum Gasteiger partial charge on any atom is -0.486 e. The molecular weight excluding hydrogens is 525 g/mol. The quantitative estimate of drug-likeness (QED) is 0.449. The molecule has 0 aromatic heterocycles. The molecule has 1 fully saturated rings. The van der Waals surface area contributed by atoms with Gasteiger partial charge in [-0.3, -0.25) is 13.9 Å². The maximum atomic E-state index is 14.5. The van der Waals surface area contributed by atoms with Gasteiger partial charge in [-0.2, -0.15) is 0 Å². The fourth-order valence-corrected chi connectivity index (χ4v) is 5.93. The molecular formula is C28H36FN3O6S. The number of benzene rings is 2. The molecule has 1 atom stereocenters. The summed E-state index contributed by atoms with van der Waals surface area (Å²) >= 11 is 0. The summed E-state index contributed by atoms with van der Waals surface area (Å²) < 4.78 is 52.0. The topological polar surface area (TPSA) is 105 Å². The lowest BCUT2D eigenvalue weighted by molar-refractivity contribution is -0.141. The summed E-state index contributed by atoms with van der Waals surface area (Å²) in [6.45, 7) is 2.41. The van der Waals surface area contributed by atoms with Gasteiger partial charge >= 0.3 is 0 Å². The molecule has 1 aliphatic carbocycles. The molecule has 0 spiro atoms. The highest BCUT2D eigenvalue weighted by Crippen LogP contribution is 2.34. The van der Waals surface area contributed by atoms with Gasteiger partial charge < -0.3 is 19.7 Å². The van der Waals surface area contributed by atoms with Gasteiger partial charge in [0.1, 0.15) is 25.1 Å². The molecule has 0 radical (unpaired) electrons. The maximum absolute atomic E-state index is 14.5. The van der Waals surface area contributed by atoms with Crippen molar-refractivity contribution in [1.82, 2.24) is 10.2 Å². The van der Waals surface area contributed by atoms with E-state index >= 15 is 0 Å². The van der Waals surface area contributed by atoms with E-state index in [2.05, 4.69) is 5.32 Å². The van der Waals surface area contributed by atoms with E-state index < -0.39 is 21.9 Å². The Morgan fingerprint density at radius 2 is 1.77 bits per heavy atom. The van der Waals surface area contributed by atoms with E-state index in [0.29, 0.717) is 36.0 Å². The van der Waals surface area contributed by atoms with Gasteiger partial charge in [-0.1, -0.05) is 31.0 Å². The monoisotopic (exact) mass is 561 g/mol. The van der Waals surface area contributed by atoms with Crippen LogP contribution in [0.3, 0.4) is 0 Å². The summed E-state index contributed by atoms with van der Waals surface area (Å²) in [6, 6.07) is 10.3. The number of halogens is 1. The van der Waals surface area contributed by atoms with Crippen molar-refractivity contribution in [3.05, 3.63) is 53.8 Å². The molecule has 11 heteroatoms. The zero-order chi connectivity index (χ0) is 28.0. The number of amides is 2. The molecule has 1 heterocycles. The highest BCUT2D eigenvalue weighted by atomic mass is 32.2. The van der Waals surface area contributed by atoms with E-state index in [4.69, 9.17) is 9.47 Å². The number of hydrogen-bond donors (Lipinski definition) is 1. The van der Waals surface area contributed by atoms with Gasteiger partial charge in [0.15, 0.2) is 11.5 Å². The van der Waals surface area contributed by atoms with Crippen LogP contribution in [0.5, 0.6) is 11.5 Å². The number of sulfonamides is 1. The SMILES string of the molecule is CC(C(=O)NC1CCCC1)N(Cc1ccccc1F)C(=O)CCCN(c1ccc2c(c1)OCCO2)S(C)(=O)=O. The third-order valence-electron chi connectivity index (χ3n) is 7.13. The summed E-state index contributed by atoms with van der Waals surface area (Å²) in [5.41, 5.74) is 0.710. The third-order valence-corrected chi connectivity index (χ3v) is 8.33. The average Bonchev–Trinajstić information content (AvgIpc) is 3.42. The summed E-state index contributed by atoms with van der Waals surface area (Å²) in [6.07, 6.45) is 5.19. The molecule has 9 nitrogen and oxygen atoms in total. The van der Waals surface area contributed by atoms with Crippen molar-refractivity contribution < 1.29 is 31.9 Å². The molecule has 0 saturated heterocycles. The highest BCUT2D eigenvalue weighted by Gasteiger charge is 2.29. The van der Waals surface area contributed by atoms with Crippen LogP contribution in [-0.2, 0) is 26.2 Å². The molecule has 2 aliphatic rings. The molecule has 1 unspecified atom stereocenters. The van der Waals surface area contributed by atoms with E-state index in [0.717, 1.165) is 31.9 Å². The van der Waals surface area contributed by atoms with Crippen LogP contribution in [0.15, 0.2) is 42.5 Å². The zero-order valence-corrected chi connectivity index (χ0v) is 23.2. The van der Waals surface area contributed by atoms with Crippen LogP contribution in [0, 0.1) is 5.82 Å². The Kier molecular flexibility index (Phi) is 9.32. The van der Waals surface area contributed by atoms with Crippen LogP contribution in [-0.4, -0.2) is 63.2 Å². The molecule has 4 rings (SSSR count). The van der Waals surface area contributed by atoms with E-state index in [1.807, 2.05) is 0 Å². The van der Waals surface area contributed by atoms with Crippen LogP contribution in [0.4, 0.5) is 10.1 Å². The van der Waals surface area contributed by atoms with E-state index in [1.165, 1.54) is 15.3 Å². The number of nitrogens with one attached hydrogen (secondary N) is 1. The molecule has 0 bridgehead atoms. The Balaban J connectivity index is 1.46. The van der Waals surface area contributed by atoms with Gasteiger partial charge in [-0.05, 0) is 44.4 Å². The lowest BCUT2D eigenvalue weighted by Crippen LogP contribution is -2.49. The number of anilines is 1. The van der Waals surface area contributed by atoms with Crippen molar-refractivity contribution in [2.75, 3.05) is 30.3 Å². The van der Waals surface area contributed by atoms with Gasteiger partial charge in [-0.15, -0.1) is 0 Å². The van der Waals surface area contributed by atoms with Crippen molar-refractivity contribution in [2.24, 2.45) is 0 Å². The first-order valence-electron chi connectivity index (χ1n) is 13.3. The summed E-state index contributed by atoms with van der Waals surface area (Å²) in [7, 11) is -3.66. The second-order valence-electron chi connectivity index (χ2n) is 10.0. The first-order valence-corrected chi connectivity index (χ1v) is 15.2. The second kappa shape index (κ2) is 12.7. The highest BCUT2D eigenvalue weighted by molar-refractivity contribution is 7.92. The molecule has 39 heavy (non-hydrogen) atoms. The second-order valence-corrected chi connectivity index (χ2v) is 12.0. The van der Waals surface area contributed by atoms with Crippen molar-refractivity contribution >= 4 is 27.5 Å². The number of ether oxygens (including phenoxy) is 2. The Labute approximate surface area is 229 Å². The standard InChI is InChI=1S/C28H36FN3O6S/c1-20(28(34)30-22-9-4-5-10-22)31(19-21-8-3-6-11-24(21)29)27(33)12-7-15-32(39(2,35)36)23-13-14-25-26(18-23)38-17-16-37-25/h3,6,8,11,13-14,18,20,22H,4-5,7,9-10,12,15-17,19H2,1-2H3,(H,30,34). The minimum absolute atomic E-state index is 0.0218. The summed E-state index contributed by atoms with van der Waals surface area (Å²) in [5.74, 6) is -0.0898. The molecule has 2 amide bonds. The van der Waals surface area contributed by atoms with E-state index in [9.17, 15) is 22.4 Å². The van der Waals surface area contributed by atoms with Crippen molar-refractivity contribution in [3.8, 4) is 11.5 Å². The molecule has 212 valence electrons. The number of carbonyl (C=O) groups excluding carboxylic acids is 2. The Morgan fingerprint density at radius 3 is 2.46 bits per heavy atom. The predicted octanol–water partition coefficient (Wildman–Crippen LogP) is 3.62. The minimum atomic E-state index is -3.66. The Hall–Kier alpha value is -3.34. The van der Waals surface area contributed by atoms with Crippen molar-refractivity contribution in [3.63, 3.8) is 0 Å². The number of fused-ring (bicyclic) bond motifs is 1. The normalized spacial score (nSPS) is 16.0. The number of carbonyl (C=O) groups is 2. The Bertz CT molecular complexity index is 1280. The van der Waals surface area contributed by atoms with Gasteiger partial charge in [-0.25, -0.2) is 12.8 Å². The van der Waals surface area contributed by atoms with Crippen LogP contribution in [0.25, 0.3) is 0 Å². The fourth-order valence-electron chi connectivity index (χ4n) is 4.98. The molecule has 1 N–H and O–H groups in total. The van der Waals surface area contributed by atoms with Crippen molar-refractivity contribution in [2.45, 2.75) is 64.1 Å². The average molecular weight is 562 g/mol. The van der Waals surface area contributed by atoms with E-state index in [1.54, 1.807) is 43.3 Å². The molecule has 2 aromatic rings. The number of hydrogen-bond acceptors (Lipinski definition) is 6. The van der Waals surface area contributed by atoms with Crippen molar-refractivity contribution in [1.29, 1.82) is 0 Å². The van der Waals surface area contributed by atoms with Crippen LogP contribution in [0.2, 0.25) is 0 Å². The lowest BCUT2D eigenvalue weighted by Gasteiger charge is -2.30. The van der Waals surface area contributed by atoms with Crippen LogP contribution < -0.4 is 19.1 Å². The Morgan fingerprint density at radius 1 is 1.08 bits per heavy atom. The smallest absolute Gasteiger partial charge is 0.242 e. The molecule has 1 aliphatic heterocycles. The van der Waals surface area contributed by atoms with Gasteiger partial charge in [0.2, 0.25) is 21.8 Å². The van der Waals surface area contributed by atoms with E-state index in [-0.39, 0.29) is 43.8 Å². The fraction of sp³-hybridized carbons (Fsp3) is 0.500. The third kappa shape index (κ3) is 7.40. The summed E-state index contributed by atoms with van der Waals surface area (Å²) in [5, 5.41) is 3.02. The molecule has 1 saturated carbocycles. The first kappa shape index (κ1) is 28.7. The number of nitrogens with zero attached hydrogens (tertiary/aromatic N) is 2.